The zero-order chi connectivity index (χ0) is 27.4. The number of ether oxygens (including phenoxy) is 1. The summed E-state index contributed by atoms with van der Waals surface area (Å²) >= 11 is 1.50. The molecule has 0 amide bonds. The highest BCUT2D eigenvalue weighted by molar-refractivity contribution is 8.00. The number of rotatable bonds is 7. The van der Waals surface area contributed by atoms with Crippen molar-refractivity contribution in [3.63, 3.8) is 0 Å². The number of benzene rings is 2. The molecule has 0 spiro atoms. The first-order valence-electron chi connectivity index (χ1n) is 13.1. The van der Waals surface area contributed by atoms with E-state index < -0.39 is 9.71 Å². The Morgan fingerprint density at radius 2 is 1.65 bits per heavy atom. The molecular formula is C31H43NO3S2. The van der Waals surface area contributed by atoms with E-state index in [9.17, 15) is 9.00 Å². The summed E-state index contributed by atoms with van der Waals surface area (Å²) in [5, 5.41) is 0. The number of carbonyl (C=O) groups is 1. The normalized spacial score (nSPS) is 16.5. The number of nitrogens with zero attached hydrogens (tertiary/aromatic N) is 1. The van der Waals surface area contributed by atoms with Gasteiger partial charge in [0.15, 0.2) is 0 Å². The molecule has 202 valence electrons. The third-order valence-corrected chi connectivity index (χ3v) is 9.79. The van der Waals surface area contributed by atoms with Gasteiger partial charge < -0.3 is 4.74 Å². The van der Waals surface area contributed by atoms with E-state index in [1.807, 2.05) is 37.3 Å². The van der Waals surface area contributed by atoms with E-state index >= 15 is 0 Å². The first kappa shape index (κ1) is 30.8. The average Bonchev–Trinajstić information content (AvgIpc) is 3.55. The molecule has 1 aromatic heterocycles. The molecule has 2 heterocycles. The van der Waals surface area contributed by atoms with E-state index in [1.54, 1.807) is 11.2 Å². The van der Waals surface area contributed by atoms with Crippen molar-refractivity contribution < 1.29 is 13.7 Å². The minimum Gasteiger partial charge on any atom is -0.489 e. The number of thiophene rings is 1. The number of hydrogen-bond donors (Lipinski definition) is 0. The summed E-state index contributed by atoms with van der Waals surface area (Å²) in [5.41, 5.74) is 3.76. The summed E-state index contributed by atoms with van der Waals surface area (Å²) in [5.74, 6) is 4.93. The van der Waals surface area contributed by atoms with Gasteiger partial charge in [-0.3, -0.25) is 4.79 Å². The molecule has 2 aromatic carbocycles. The number of aryl methyl sites for hydroxylation is 3. The molecule has 0 aliphatic carbocycles. The topological polar surface area (TPSA) is 46.6 Å². The number of hydrogen-bond acceptors (Lipinski definition) is 4. The van der Waals surface area contributed by atoms with E-state index in [0.717, 1.165) is 34.1 Å². The first-order valence-corrected chi connectivity index (χ1v) is 15.6. The lowest BCUT2D eigenvalue weighted by Crippen LogP contribution is -2.39. The van der Waals surface area contributed by atoms with E-state index in [2.05, 4.69) is 63.9 Å². The van der Waals surface area contributed by atoms with Gasteiger partial charge in [0.1, 0.15) is 18.1 Å². The van der Waals surface area contributed by atoms with Crippen molar-refractivity contribution >= 4 is 32.7 Å². The fraction of sp³-hybridized carbons (Fsp3) is 0.419. The Hall–Kier alpha value is -2.41. The lowest BCUT2D eigenvalue weighted by molar-refractivity contribution is -0.119. The molecule has 1 saturated heterocycles. The van der Waals surface area contributed by atoms with Gasteiger partial charge >= 0.3 is 0 Å². The van der Waals surface area contributed by atoms with Crippen molar-refractivity contribution in [3.05, 3.63) is 82.2 Å². The maximum Gasteiger partial charge on any atom is 0.147 e. The van der Waals surface area contributed by atoms with Gasteiger partial charge in [0, 0.05) is 11.4 Å². The molecule has 1 fully saturated rings. The maximum atomic E-state index is 12.8. The van der Waals surface area contributed by atoms with Gasteiger partial charge in [-0.25, -0.2) is 8.51 Å². The van der Waals surface area contributed by atoms with E-state index in [-0.39, 0.29) is 11.8 Å². The molecule has 0 N–H and O–H groups in total. The minimum absolute atomic E-state index is 0.0900. The quantitative estimate of drug-likeness (QED) is 0.289. The van der Waals surface area contributed by atoms with Crippen molar-refractivity contribution in [2.24, 2.45) is 0 Å². The maximum absolute atomic E-state index is 12.8. The van der Waals surface area contributed by atoms with Crippen LogP contribution in [0.4, 0.5) is 0 Å². The van der Waals surface area contributed by atoms with Crippen molar-refractivity contribution in [2.75, 3.05) is 6.54 Å². The smallest absolute Gasteiger partial charge is 0.147 e. The minimum atomic E-state index is -2.48. The van der Waals surface area contributed by atoms with Crippen LogP contribution in [0.3, 0.4) is 0 Å². The van der Waals surface area contributed by atoms with Gasteiger partial charge in [0.2, 0.25) is 0 Å². The molecule has 1 aliphatic rings. The monoisotopic (exact) mass is 541 g/mol. The predicted octanol–water partition coefficient (Wildman–Crippen LogP) is 7.65. The number of Topliss-reactive ketones (excluding diaryl/α,β-unsaturated/α-hetero) is 1. The molecule has 2 atom stereocenters. The Balaban J connectivity index is 0.000000235. The van der Waals surface area contributed by atoms with Gasteiger partial charge in [0.25, 0.3) is 0 Å². The lowest BCUT2D eigenvalue weighted by Gasteiger charge is -2.25. The van der Waals surface area contributed by atoms with Crippen LogP contribution in [0.1, 0.15) is 68.5 Å². The van der Waals surface area contributed by atoms with Crippen LogP contribution in [-0.2, 0) is 27.5 Å². The molecule has 2 unspecified atom stereocenters. The highest BCUT2D eigenvalue weighted by Gasteiger charge is 2.34. The SMILES string of the molecule is C=S(=O)(c1ccc(C)s1)N1CCCC1C(C)=O.CCC.CCc1ccc(COc2ccccc2C)cc1. The Kier molecular flexibility index (Phi) is 12.6. The molecule has 1 aliphatic heterocycles. The van der Waals surface area contributed by atoms with E-state index in [4.69, 9.17) is 4.74 Å². The van der Waals surface area contributed by atoms with Crippen molar-refractivity contribution in [2.45, 2.75) is 84.1 Å². The second kappa shape index (κ2) is 15.1. The second-order valence-electron chi connectivity index (χ2n) is 9.35. The third kappa shape index (κ3) is 9.13. The molecule has 0 bridgehead atoms. The summed E-state index contributed by atoms with van der Waals surface area (Å²) in [4.78, 5) is 12.7. The Labute approximate surface area is 228 Å². The molecule has 0 radical (unpaired) electrons. The molecule has 4 rings (SSSR count). The molecule has 0 saturated carbocycles. The number of para-hydroxylation sites is 1. The molecule has 3 aromatic rings. The van der Waals surface area contributed by atoms with Crippen LogP contribution in [0.2, 0.25) is 0 Å². The molecule has 4 nitrogen and oxygen atoms in total. The molecule has 37 heavy (non-hydrogen) atoms. The first-order chi connectivity index (χ1) is 17.6. The summed E-state index contributed by atoms with van der Waals surface area (Å²) < 4.78 is 21.2. The zero-order valence-corrected chi connectivity index (χ0v) is 24.9. The van der Waals surface area contributed by atoms with Gasteiger partial charge in [-0.15, -0.1) is 11.3 Å². The summed E-state index contributed by atoms with van der Waals surface area (Å²) in [6, 6.07) is 20.3. The van der Waals surface area contributed by atoms with E-state index in [1.165, 1.54) is 34.4 Å². The van der Waals surface area contributed by atoms with Crippen molar-refractivity contribution in [1.29, 1.82) is 0 Å². The van der Waals surface area contributed by atoms with Crippen molar-refractivity contribution in [1.82, 2.24) is 4.31 Å². The summed E-state index contributed by atoms with van der Waals surface area (Å²) in [6.45, 7) is 13.4. The summed E-state index contributed by atoms with van der Waals surface area (Å²) in [6.07, 6.45) is 4.05. The van der Waals surface area contributed by atoms with Crippen LogP contribution >= 0.6 is 11.3 Å². The van der Waals surface area contributed by atoms with Crippen LogP contribution in [0, 0.1) is 13.8 Å². The van der Waals surface area contributed by atoms with Crippen LogP contribution in [0.25, 0.3) is 0 Å². The van der Waals surface area contributed by atoms with Crippen molar-refractivity contribution in [3.8, 4) is 5.75 Å². The van der Waals surface area contributed by atoms with Gasteiger partial charge in [-0.05, 0) is 80.8 Å². The molecule has 6 heteroatoms. The number of ketones is 1. The van der Waals surface area contributed by atoms with Gasteiger partial charge in [0.05, 0.1) is 20.0 Å². The van der Waals surface area contributed by atoms with Crippen LogP contribution < -0.4 is 4.74 Å². The highest BCUT2D eigenvalue weighted by Crippen LogP contribution is 2.30. The predicted molar refractivity (Wildman–Crippen MR) is 160 cm³/mol. The second-order valence-corrected chi connectivity index (χ2v) is 13.1. The Morgan fingerprint density at radius 3 is 2.19 bits per heavy atom. The average molecular weight is 542 g/mol. The highest BCUT2D eigenvalue weighted by atomic mass is 32.2. The Bertz CT molecular complexity index is 1210. The van der Waals surface area contributed by atoms with Gasteiger partial charge in [-0.2, -0.15) is 0 Å². The van der Waals surface area contributed by atoms with Gasteiger partial charge in [-0.1, -0.05) is 69.7 Å². The largest absolute Gasteiger partial charge is 0.489 e. The fourth-order valence-electron chi connectivity index (χ4n) is 3.95. The summed E-state index contributed by atoms with van der Waals surface area (Å²) in [7, 11) is -2.48. The fourth-order valence-corrected chi connectivity index (χ4v) is 7.34. The third-order valence-electron chi connectivity index (χ3n) is 6.00. The van der Waals surface area contributed by atoms with Crippen LogP contribution in [0.15, 0.2) is 64.9 Å². The van der Waals surface area contributed by atoms with Crippen LogP contribution in [0.5, 0.6) is 5.75 Å². The van der Waals surface area contributed by atoms with E-state index in [0.29, 0.717) is 13.2 Å². The zero-order valence-electron chi connectivity index (χ0n) is 23.3. The number of carbonyl (C=O) groups excluding carboxylic acids is 1. The lowest BCUT2D eigenvalue weighted by atomic mass is 10.1. The molecular weight excluding hydrogens is 498 g/mol. The van der Waals surface area contributed by atoms with Crippen LogP contribution in [-0.4, -0.2) is 32.8 Å². The Morgan fingerprint density at radius 1 is 1.03 bits per heavy atom. The standard InChI is InChI=1S/C16H18O.C12H17NO2S2.C3H8/c1-3-14-8-10-15(11-9-14)12-17-16-7-5-4-6-13(16)2;1-9-6-7-12(16-9)17(3,15)13-8-4-5-11(13)10(2)14;1-3-2/h4-11H,3,12H2,1-2H3;6-7,11H,3-5,8H2,1-2H3;3H2,1-2H3.